The number of hydrogen-bond donors (Lipinski definition) is 1. The summed E-state index contributed by atoms with van der Waals surface area (Å²) in [5.74, 6) is 1.06. The Morgan fingerprint density at radius 2 is 1.88 bits per heavy atom. The van der Waals surface area contributed by atoms with Crippen molar-refractivity contribution in [2.24, 2.45) is 0 Å². The second-order valence-corrected chi connectivity index (χ2v) is 9.20. The number of halogens is 1. The van der Waals surface area contributed by atoms with Crippen LogP contribution in [0.25, 0.3) is 6.08 Å². The molecule has 0 atom stereocenters. The minimum atomic E-state index is -0.409. The van der Waals surface area contributed by atoms with Crippen molar-refractivity contribution in [2.75, 3.05) is 43.4 Å². The van der Waals surface area contributed by atoms with E-state index in [0.717, 1.165) is 60.2 Å². The van der Waals surface area contributed by atoms with Crippen molar-refractivity contribution < 1.29 is 9.13 Å². The number of allylic oxidation sites excluding steroid dienone is 1. The maximum atomic E-state index is 14.8. The van der Waals surface area contributed by atoms with E-state index in [0.29, 0.717) is 5.82 Å². The number of hydrogen-bond acceptors (Lipinski definition) is 8. The molecule has 3 aromatic rings. The van der Waals surface area contributed by atoms with Crippen molar-refractivity contribution in [3.05, 3.63) is 52.5 Å². The fraction of sp³-hybridized carbons (Fsp3) is 0.348. The first-order chi connectivity index (χ1) is 15.4. The largest absolute Gasteiger partial charge is 0.421 e. The third kappa shape index (κ3) is 4.44. The average molecular weight is 453 g/mol. The minimum Gasteiger partial charge on any atom is -0.421 e. The number of nitrogens with zero attached hydrogens (tertiary/aromatic N) is 5. The van der Waals surface area contributed by atoms with Crippen LogP contribution in [0.3, 0.4) is 0 Å². The van der Waals surface area contributed by atoms with Gasteiger partial charge in [-0.3, -0.25) is 0 Å². The number of ether oxygens (including phenoxy) is 1. The van der Waals surface area contributed by atoms with E-state index < -0.39 is 5.82 Å². The molecule has 1 aliphatic carbocycles. The molecule has 9 heteroatoms. The lowest BCUT2D eigenvalue weighted by molar-refractivity contribution is 0.311. The first kappa shape index (κ1) is 20.8. The summed E-state index contributed by atoms with van der Waals surface area (Å²) in [6.45, 7) is 7.58. The fourth-order valence-corrected chi connectivity index (χ4v) is 4.63. The van der Waals surface area contributed by atoms with E-state index >= 15 is 0 Å². The Hall–Kier alpha value is -3.04. The highest BCUT2D eigenvalue weighted by atomic mass is 32.1. The maximum Gasteiger partial charge on any atom is 0.326 e. The smallest absolute Gasteiger partial charge is 0.326 e. The predicted molar refractivity (Wildman–Crippen MR) is 126 cm³/mol. The van der Waals surface area contributed by atoms with Crippen molar-refractivity contribution >= 4 is 34.2 Å². The minimum absolute atomic E-state index is 0.114. The summed E-state index contributed by atoms with van der Waals surface area (Å²) in [5.41, 5.74) is 4.09. The summed E-state index contributed by atoms with van der Waals surface area (Å²) in [6.07, 6.45) is 2.83. The van der Waals surface area contributed by atoms with E-state index in [4.69, 9.17) is 4.74 Å². The van der Waals surface area contributed by atoms with Crippen LogP contribution in [-0.4, -0.2) is 52.5 Å². The second kappa shape index (κ2) is 8.48. The zero-order valence-corrected chi connectivity index (χ0v) is 19.2. The van der Waals surface area contributed by atoms with Gasteiger partial charge in [-0.15, -0.1) is 0 Å². The van der Waals surface area contributed by atoms with Gasteiger partial charge in [-0.05, 0) is 68.2 Å². The van der Waals surface area contributed by atoms with Gasteiger partial charge >= 0.3 is 6.01 Å². The number of nitrogens with one attached hydrogen (secondary N) is 1. The summed E-state index contributed by atoms with van der Waals surface area (Å²) >= 11 is 1.36. The molecule has 0 unspecified atom stereocenters. The molecule has 1 fully saturated rings. The SMILES string of the molecule is CC1=Cc2cc(Oc3nc(Nc4cc(C)ns4)cc(N4CCN(C)CC4)n3)c(F)cc2C1. The second-order valence-electron chi connectivity index (χ2n) is 8.39. The molecule has 2 aromatic heterocycles. The van der Waals surface area contributed by atoms with Crippen molar-refractivity contribution in [3.8, 4) is 11.8 Å². The van der Waals surface area contributed by atoms with Gasteiger partial charge < -0.3 is 19.9 Å². The molecular weight excluding hydrogens is 427 g/mol. The zero-order valence-electron chi connectivity index (χ0n) is 18.4. The van der Waals surface area contributed by atoms with Crippen LogP contribution < -0.4 is 15.0 Å². The quantitative estimate of drug-likeness (QED) is 0.606. The van der Waals surface area contributed by atoms with Crippen LogP contribution in [0, 0.1) is 12.7 Å². The van der Waals surface area contributed by atoms with Gasteiger partial charge in [0.25, 0.3) is 0 Å². The third-order valence-electron chi connectivity index (χ3n) is 5.66. The van der Waals surface area contributed by atoms with E-state index in [-0.39, 0.29) is 11.8 Å². The van der Waals surface area contributed by atoms with Gasteiger partial charge in [-0.2, -0.15) is 14.3 Å². The molecule has 32 heavy (non-hydrogen) atoms. The van der Waals surface area contributed by atoms with Gasteiger partial charge in [-0.1, -0.05) is 11.6 Å². The molecular formula is C23H25FN6OS. The van der Waals surface area contributed by atoms with Crippen LogP contribution in [0.2, 0.25) is 0 Å². The molecule has 0 spiro atoms. The van der Waals surface area contributed by atoms with Crippen LogP contribution >= 0.6 is 11.5 Å². The maximum absolute atomic E-state index is 14.8. The van der Waals surface area contributed by atoms with Crippen LogP contribution in [-0.2, 0) is 6.42 Å². The summed E-state index contributed by atoms with van der Waals surface area (Å²) < 4.78 is 25.0. The number of piperazine rings is 1. The lowest BCUT2D eigenvalue weighted by atomic mass is 10.1. The summed E-state index contributed by atoms with van der Waals surface area (Å²) in [6, 6.07) is 7.24. The number of anilines is 3. The van der Waals surface area contributed by atoms with Crippen LogP contribution in [0.1, 0.15) is 23.7 Å². The molecule has 0 bridgehead atoms. The summed E-state index contributed by atoms with van der Waals surface area (Å²) in [4.78, 5) is 13.6. The lowest BCUT2D eigenvalue weighted by Gasteiger charge is -2.33. The number of fused-ring (bicyclic) bond motifs is 1. The molecule has 2 aliphatic rings. The zero-order chi connectivity index (χ0) is 22.2. The van der Waals surface area contributed by atoms with E-state index in [2.05, 4.69) is 42.6 Å². The molecule has 0 amide bonds. The Kier molecular flexibility index (Phi) is 5.52. The van der Waals surface area contributed by atoms with Gasteiger partial charge in [0.15, 0.2) is 11.6 Å². The number of aromatic nitrogens is 3. The monoisotopic (exact) mass is 452 g/mol. The van der Waals surface area contributed by atoms with Crippen LogP contribution in [0.15, 0.2) is 29.8 Å². The normalized spacial score (nSPS) is 16.1. The molecule has 0 saturated carbocycles. The number of benzene rings is 1. The highest BCUT2D eigenvalue weighted by Gasteiger charge is 2.20. The van der Waals surface area contributed by atoms with Crippen molar-refractivity contribution in [2.45, 2.75) is 20.3 Å². The molecule has 7 nitrogen and oxygen atoms in total. The van der Waals surface area contributed by atoms with Gasteiger partial charge in [0.1, 0.15) is 16.6 Å². The number of rotatable bonds is 5. The molecule has 1 saturated heterocycles. The lowest BCUT2D eigenvalue weighted by Crippen LogP contribution is -2.44. The number of likely N-dealkylation sites (N-methyl/N-ethyl adjacent to an activating group) is 1. The topological polar surface area (TPSA) is 66.4 Å². The third-order valence-corrected chi connectivity index (χ3v) is 6.46. The van der Waals surface area contributed by atoms with Crippen molar-refractivity contribution in [3.63, 3.8) is 0 Å². The Bertz CT molecular complexity index is 1190. The predicted octanol–water partition coefficient (Wildman–Crippen LogP) is 4.63. The van der Waals surface area contributed by atoms with E-state index in [1.807, 2.05) is 26.0 Å². The summed E-state index contributed by atoms with van der Waals surface area (Å²) in [5, 5.41) is 4.16. The van der Waals surface area contributed by atoms with Crippen molar-refractivity contribution in [1.82, 2.24) is 19.2 Å². The van der Waals surface area contributed by atoms with Gasteiger partial charge in [-0.25, -0.2) is 4.39 Å². The van der Waals surface area contributed by atoms with Crippen LogP contribution in [0.5, 0.6) is 11.8 Å². The highest BCUT2D eigenvalue weighted by molar-refractivity contribution is 7.10. The Morgan fingerprint density at radius 1 is 1.06 bits per heavy atom. The number of aryl methyl sites for hydroxylation is 1. The first-order valence-electron chi connectivity index (χ1n) is 10.6. The van der Waals surface area contributed by atoms with Gasteiger partial charge in [0.2, 0.25) is 0 Å². The molecule has 1 aromatic carbocycles. The van der Waals surface area contributed by atoms with E-state index in [1.165, 1.54) is 17.1 Å². The van der Waals surface area contributed by atoms with Gasteiger partial charge in [0.05, 0.1) is 5.69 Å². The Morgan fingerprint density at radius 3 is 2.62 bits per heavy atom. The van der Waals surface area contributed by atoms with Gasteiger partial charge in [0, 0.05) is 32.2 Å². The highest BCUT2D eigenvalue weighted by Crippen LogP contribution is 2.33. The van der Waals surface area contributed by atoms with E-state index in [1.54, 1.807) is 12.1 Å². The fourth-order valence-electron chi connectivity index (χ4n) is 3.96. The summed E-state index contributed by atoms with van der Waals surface area (Å²) in [7, 11) is 2.11. The molecule has 166 valence electrons. The first-order valence-corrected chi connectivity index (χ1v) is 11.4. The molecule has 1 aliphatic heterocycles. The standard InChI is InChI=1S/C23H25FN6OS/c1-14-8-16-11-18(24)19(12-17(16)9-14)31-23-26-20(25-22-10-15(2)28-32-22)13-21(27-23)30-6-4-29(3)5-7-30/h9-13H,4-8H2,1-3H3,(H,25,26,27). The van der Waals surface area contributed by atoms with E-state index in [9.17, 15) is 4.39 Å². The van der Waals surface area contributed by atoms with Crippen LogP contribution in [0.4, 0.5) is 21.0 Å². The molecule has 1 N–H and O–H groups in total. The van der Waals surface area contributed by atoms with Crippen molar-refractivity contribution in [1.29, 1.82) is 0 Å². The average Bonchev–Trinajstić information content (AvgIpc) is 3.32. The molecule has 3 heterocycles. The Labute approximate surface area is 190 Å². The molecule has 0 radical (unpaired) electrons. The molecule has 5 rings (SSSR count). The Balaban J connectivity index is 1.47.